The van der Waals surface area contributed by atoms with Gasteiger partial charge in [0.2, 0.25) is 0 Å². The van der Waals surface area contributed by atoms with Crippen LogP contribution in [0.4, 0.5) is 0 Å². The number of aromatic nitrogens is 1. The average Bonchev–Trinajstić information content (AvgIpc) is 2.50. The molecular formula is C14H22N4O2. The summed E-state index contributed by atoms with van der Waals surface area (Å²) in [6.45, 7) is 3.01. The van der Waals surface area contributed by atoms with Crippen molar-refractivity contribution in [3.8, 4) is 0 Å². The summed E-state index contributed by atoms with van der Waals surface area (Å²) < 4.78 is 4.67. The molecule has 0 spiro atoms. The molecule has 0 radical (unpaired) electrons. The molecule has 0 saturated carbocycles. The van der Waals surface area contributed by atoms with Gasteiger partial charge in [-0.05, 0) is 12.1 Å². The van der Waals surface area contributed by atoms with Crippen LogP contribution in [0.1, 0.15) is 12.6 Å². The van der Waals surface area contributed by atoms with Gasteiger partial charge in [0.1, 0.15) is 0 Å². The van der Waals surface area contributed by atoms with E-state index in [1.54, 1.807) is 20.2 Å². The monoisotopic (exact) mass is 278 g/mol. The van der Waals surface area contributed by atoms with Crippen LogP contribution >= 0.6 is 0 Å². The number of methoxy groups -OCH3 is 1. The van der Waals surface area contributed by atoms with Gasteiger partial charge >= 0.3 is 5.97 Å². The summed E-state index contributed by atoms with van der Waals surface area (Å²) in [5.41, 5.74) is 1.03. The smallest absolute Gasteiger partial charge is 0.310 e. The van der Waals surface area contributed by atoms with Crippen LogP contribution in [0.25, 0.3) is 0 Å². The van der Waals surface area contributed by atoms with Crippen molar-refractivity contribution in [2.24, 2.45) is 10.9 Å². The first kappa shape index (κ1) is 15.9. The second-order valence-corrected chi connectivity index (χ2v) is 4.38. The third kappa shape index (κ3) is 5.69. The first-order valence-electron chi connectivity index (χ1n) is 6.59. The van der Waals surface area contributed by atoms with Crippen LogP contribution in [0.3, 0.4) is 0 Å². The molecular weight excluding hydrogens is 256 g/mol. The number of guanidine groups is 1. The van der Waals surface area contributed by atoms with Gasteiger partial charge in [-0.3, -0.25) is 14.8 Å². The lowest BCUT2D eigenvalue weighted by Crippen LogP contribution is -2.41. The van der Waals surface area contributed by atoms with Crippen molar-refractivity contribution < 1.29 is 9.53 Å². The van der Waals surface area contributed by atoms with E-state index in [0.29, 0.717) is 12.5 Å². The van der Waals surface area contributed by atoms with E-state index in [-0.39, 0.29) is 11.9 Å². The van der Waals surface area contributed by atoms with Gasteiger partial charge < -0.3 is 15.4 Å². The van der Waals surface area contributed by atoms with Crippen molar-refractivity contribution in [3.05, 3.63) is 30.1 Å². The summed E-state index contributed by atoms with van der Waals surface area (Å²) in [7, 11) is 3.08. The Labute approximate surface area is 119 Å². The van der Waals surface area contributed by atoms with E-state index in [9.17, 15) is 4.79 Å². The number of rotatable bonds is 6. The van der Waals surface area contributed by atoms with Crippen LogP contribution in [0.2, 0.25) is 0 Å². The molecule has 1 aromatic rings. The van der Waals surface area contributed by atoms with Crippen LogP contribution < -0.4 is 10.6 Å². The Hall–Kier alpha value is -2.11. The molecule has 0 aliphatic rings. The molecule has 2 N–H and O–H groups in total. The number of pyridine rings is 1. The maximum Gasteiger partial charge on any atom is 0.310 e. The Morgan fingerprint density at radius 1 is 1.45 bits per heavy atom. The fraction of sp³-hybridized carbons (Fsp3) is 0.500. The van der Waals surface area contributed by atoms with Gasteiger partial charge in [-0.25, -0.2) is 0 Å². The van der Waals surface area contributed by atoms with Crippen LogP contribution in [0, 0.1) is 5.92 Å². The first-order chi connectivity index (χ1) is 9.67. The lowest BCUT2D eigenvalue weighted by atomic mass is 10.2. The highest BCUT2D eigenvalue weighted by atomic mass is 16.5. The van der Waals surface area contributed by atoms with E-state index in [1.165, 1.54) is 7.11 Å². The zero-order valence-electron chi connectivity index (χ0n) is 12.2. The van der Waals surface area contributed by atoms with Gasteiger partial charge in [-0.2, -0.15) is 0 Å². The molecule has 0 bridgehead atoms. The van der Waals surface area contributed by atoms with E-state index in [1.807, 2.05) is 18.2 Å². The van der Waals surface area contributed by atoms with Crippen LogP contribution in [-0.2, 0) is 16.0 Å². The Kier molecular flexibility index (Phi) is 7.10. The molecule has 0 aromatic carbocycles. The molecule has 20 heavy (non-hydrogen) atoms. The third-order valence-electron chi connectivity index (χ3n) is 2.80. The fourth-order valence-electron chi connectivity index (χ4n) is 1.61. The molecule has 110 valence electrons. The largest absolute Gasteiger partial charge is 0.469 e. The van der Waals surface area contributed by atoms with E-state index < -0.39 is 0 Å². The quantitative estimate of drug-likeness (QED) is 0.453. The minimum Gasteiger partial charge on any atom is -0.469 e. The molecule has 1 heterocycles. The lowest BCUT2D eigenvalue weighted by molar-refractivity contribution is -0.144. The highest BCUT2D eigenvalue weighted by Gasteiger charge is 2.13. The summed E-state index contributed by atoms with van der Waals surface area (Å²) in [4.78, 5) is 19.6. The normalized spacial score (nSPS) is 12.7. The predicted molar refractivity (Wildman–Crippen MR) is 78.5 cm³/mol. The van der Waals surface area contributed by atoms with Crippen molar-refractivity contribution in [3.63, 3.8) is 0 Å². The molecule has 0 fully saturated rings. The molecule has 0 saturated heterocycles. The minimum absolute atomic E-state index is 0.214. The van der Waals surface area contributed by atoms with Crippen molar-refractivity contribution >= 4 is 11.9 Å². The van der Waals surface area contributed by atoms with Gasteiger partial charge in [-0.15, -0.1) is 0 Å². The molecule has 0 aliphatic heterocycles. The third-order valence-corrected chi connectivity index (χ3v) is 2.80. The van der Waals surface area contributed by atoms with Gasteiger partial charge in [-0.1, -0.05) is 13.0 Å². The van der Waals surface area contributed by atoms with E-state index in [2.05, 4.69) is 25.3 Å². The summed E-state index contributed by atoms with van der Waals surface area (Å²) in [6, 6.07) is 5.84. The van der Waals surface area contributed by atoms with E-state index in [4.69, 9.17) is 0 Å². The number of esters is 1. The molecule has 1 atom stereocenters. The van der Waals surface area contributed by atoms with Crippen LogP contribution in [-0.4, -0.2) is 44.2 Å². The van der Waals surface area contributed by atoms with E-state index >= 15 is 0 Å². The summed E-state index contributed by atoms with van der Waals surface area (Å²) in [6.07, 6.45) is 2.59. The molecule has 1 unspecified atom stereocenters. The standard InChI is InChI=1S/C14H22N4O2/c1-11(13(19)20-3)10-18-14(15-2)17-9-7-12-6-4-5-8-16-12/h4-6,8,11H,7,9-10H2,1-3H3,(H2,15,17,18). The average molecular weight is 278 g/mol. The number of nitrogens with one attached hydrogen (secondary N) is 2. The lowest BCUT2D eigenvalue weighted by Gasteiger charge is -2.14. The first-order valence-corrected chi connectivity index (χ1v) is 6.59. The van der Waals surface area contributed by atoms with Gasteiger partial charge in [0.25, 0.3) is 0 Å². The molecule has 1 rings (SSSR count). The highest BCUT2D eigenvalue weighted by Crippen LogP contribution is 1.95. The number of nitrogens with zero attached hydrogens (tertiary/aromatic N) is 2. The second kappa shape index (κ2) is 8.90. The number of hydrogen-bond acceptors (Lipinski definition) is 4. The van der Waals surface area contributed by atoms with Gasteiger partial charge in [0.15, 0.2) is 5.96 Å². The van der Waals surface area contributed by atoms with Crippen molar-refractivity contribution in [1.82, 2.24) is 15.6 Å². The fourth-order valence-corrected chi connectivity index (χ4v) is 1.61. The maximum absolute atomic E-state index is 11.3. The van der Waals surface area contributed by atoms with Crippen LogP contribution in [0.5, 0.6) is 0 Å². The topological polar surface area (TPSA) is 75.6 Å². The number of ether oxygens (including phenoxy) is 1. The summed E-state index contributed by atoms with van der Waals surface area (Å²) in [5, 5.41) is 6.27. The molecule has 6 nitrogen and oxygen atoms in total. The minimum atomic E-state index is -0.235. The van der Waals surface area contributed by atoms with Gasteiger partial charge in [0, 0.05) is 38.4 Å². The Morgan fingerprint density at radius 3 is 2.85 bits per heavy atom. The second-order valence-electron chi connectivity index (χ2n) is 4.38. The Morgan fingerprint density at radius 2 is 2.25 bits per heavy atom. The van der Waals surface area contributed by atoms with Gasteiger partial charge in [0.05, 0.1) is 13.0 Å². The number of hydrogen-bond donors (Lipinski definition) is 2. The van der Waals surface area contributed by atoms with Crippen molar-refractivity contribution in [1.29, 1.82) is 0 Å². The molecule has 0 amide bonds. The summed E-state index contributed by atoms with van der Waals surface area (Å²) >= 11 is 0. The zero-order valence-corrected chi connectivity index (χ0v) is 12.2. The molecule has 6 heteroatoms. The van der Waals surface area contributed by atoms with E-state index in [0.717, 1.165) is 18.7 Å². The summed E-state index contributed by atoms with van der Waals surface area (Å²) in [5.74, 6) is 0.215. The number of carbonyl (C=O) groups is 1. The number of carbonyl (C=O) groups excluding carboxylic acids is 1. The van der Waals surface area contributed by atoms with Crippen LogP contribution in [0.15, 0.2) is 29.4 Å². The highest BCUT2D eigenvalue weighted by molar-refractivity contribution is 5.80. The predicted octanol–water partition coefficient (Wildman–Crippen LogP) is 0.598. The Balaban J connectivity index is 2.28. The number of aliphatic imine (C=N–C) groups is 1. The van der Waals surface area contributed by atoms with Crippen molar-refractivity contribution in [2.45, 2.75) is 13.3 Å². The molecule has 0 aliphatic carbocycles. The zero-order chi connectivity index (χ0) is 14.8. The SMILES string of the molecule is CN=C(NCCc1ccccn1)NCC(C)C(=O)OC. The van der Waals surface area contributed by atoms with Crippen molar-refractivity contribution in [2.75, 3.05) is 27.2 Å². The maximum atomic E-state index is 11.3. The molecule has 1 aromatic heterocycles. The Bertz CT molecular complexity index is 434.